The average molecular weight is 342 g/mol. The fourth-order valence-electron chi connectivity index (χ4n) is 2.10. The molecule has 0 spiro atoms. The van der Waals surface area contributed by atoms with E-state index < -0.39 is 68.3 Å². The minimum absolute atomic E-state index is 0.0119. The number of carbonyl (C=O) groups excluding carboxylic acids is 1. The van der Waals surface area contributed by atoms with Gasteiger partial charge in [0.1, 0.15) is 48.8 Å². The summed E-state index contributed by atoms with van der Waals surface area (Å²) in [5.74, 6) is 0. The van der Waals surface area contributed by atoms with Gasteiger partial charge in [0.05, 0.1) is 13.2 Å². The van der Waals surface area contributed by atoms with Crippen molar-refractivity contribution in [3.63, 3.8) is 0 Å². The molecule has 1 aliphatic rings. The van der Waals surface area contributed by atoms with E-state index in [4.69, 9.17) is 19.7 Å². The second-order valence-electron chi connectivity index (χ2n) is 5.17. The van der Waals surface area contributed by atoms with E-state index in [9.17, 15) is 35.4 Å². The van der Waals surface area contributed by atoms with Crippen LogP contribution in [-0.4, -0.2) is 115 Å². The summed E-state index contributed by atoms with van der Waals surface area (Å²) in [6.45, 7) is -1.63. The lowest BCUT2D eigenvalue weighted by Gasteiger charge is -2.41. The molecule has 8 N–H and O–H groups in total. The Labute approximate surface area is 130 Å². The third-order valence-electron chi connectivity index (χ3n) is 3.53. The Bertz CT molecular complexity index is 365. The summed E-state index contributed by atoms with van der Waals surface area (Å²) in [5, 5.41) is 75.6. The van der Waals surface area contributed by atoms with Crippen LogP contribution in [0.3, 0.4) is 0 Å². The summed E-state index contributed by atoms with van der Waals surface area (Å²) in [7, 11) is 0. The van der Waals surface area contributed by atoms with E-state index in [2.05, 4.69) is 0 Å². The number of hydrogen-bond donors (Lipinski definition) is 8. The van der Waals surface area contributed by atoms with Crippen molar-refractivity contribution in [1.29, 1.82) is 0 Å². The van der Waals surface area contributed by atoms with Crippen molar-refractivity contribution in [2.45, 2.75) is 55.1 Å². The highest BCUT2D eigenvalue weighted by Crippen LogP contribution is 2.24. The van der Waals surface area contributed by atoms with Crippen LogP contribution in [0.5, 0.6) is 0 Å². The van der Waals surface area contributed by atoms with Gasteiger partial charge in [0.25, 0.3) is 0 Å². The van der Waals surface area contributed by atoms with Gasteiger partial charge in [-0.2, -0.15) is 0 Å². The number of rotatable bonds is 8. The molecule has 0 aromatic carbocycles. The quantitative estimate of drug-likeness (QED) is 0.196. The van der Waals surface area contributed by atoms with E-state index in [1.807, 2.05) is 0 Å². The highest BCUT2D eigenvalue weighted by atomic mass is 16.7. The molecule has 1 rings (SSSR count). The lowest BCUT2D eigenvalue weighted by molar-refractivity contribution is -0.324. The Morgan fingerprint density at radius 3 is 2.13 bits per heavy atom. The maximum absolute atomic E-state index is 10.7. The van der Waals surface area contributed by atoms with Gasteiger partial charge < -0.3 is 55.1 Å². The second-order valence-corrected chi connectivity index (χ2v) is 5.17. The number of aliphatic hydroxyl groups is 8. The molecular weight excluding hydrogens is 320 g/mol. The first-order valence-electron chi connectivity index (χ1n) is 6.84. The number of carbonyl (C=O) groups is 1. The summed E-state index contributed by atoms with van der Waals surface area (Å²) in [6.07, 6.45) is -15.7. The van der Waals surface area contributed by atoms with Gasteiger partial charge in [0, 0.05) is 0 Å². The molecule has 11 nitrogen and oxygen atoms in total. The molecule has 23 heavy (non-hydrogen) atoms. The van der Waals surface area contributed by atoms with Crippen molar-refractivity contribution in [3.8, 4) is 0 Å². The second kappa shape index (κ2) is 8.94. The molecule has 1 saturated heterocycles. The average Bonchev–Trinajstić information content (AvgIpc) is 2.57. The summed E-state index contributed by atoms with van der Waals surface area (Å²) in [6, 6.07) is 0. The van der Waals surface area contributed by atoms with Crippen LogP contribution in [0.2, 0.25) is 0 Å². The van der Waals surface area contributed by atoms with Gasteiger partial charge in [-0.15, -0.1) is 0 Å². The zero-order valence-corrected chi connectivity index (χ0v) is 12.0. The van der Waals surface area contributed by atoms with Gasteiger partial charge in [-0.05, 0) is 0 Å². The molecular formula is C12H22O11. The maximum Gasteiger partial charge on any atom is 0.187 e. The minimum atomic E-state index is -1.95. The van der Waals surface area contributed by atoms with Crippen molar-refractivity contribution in [2.75, 3.05) is 13.2 Å². The molecule has 0 bridgehead atoms. The van der Waals surface area contributed by atoms with Gasteiger partial charge >= 0.3 is 0 Å². The van der Waals surface area contributed by atoms with Crippen LogP contribution >= 0.6 is 0 Å². The van der Waals surface area contributed by atoms with Crippen LogP contribution in [0.15, 0.2) is 0 Å². The zero-order chi connectivity index (χ0) is 17.7. The molecule has 0 aromatic rings. The zero-order valence-electron chi connectivity index (χ0n) is 12.0. The first-order valence-corrected chi connectivity index (χ1v) is 6.84. The summed E-state index contributed by atoms with van der Waals surface area (Å²) < 4.78 is 10.0. The first-order chi connectivity index (χ1) is 10.8. The molecule has 0 unspecified atom stereocenters. The van der Waals surface area contributed by atoms with Crippen LogP contribution in [0.25, 0.3) is 0 Å². The van der Waals surface area contributed by atoms with Gasteiger partial charge in [-0.1, -0.05) is 0 Å². The summed E-state index contributed by atoms with van der Waals surface area (Å²) in [4.78, 5) is 10.7. The van der Waals surface area contributed by atoms with Gasteiger partial charge in [0.2, 0.25) is 0 Å². The molecule has 0 saturated carbocycles. The highest BCUT2D eigenvalue weighted by Gasteiger charge is 2.46. The molecule has 11 heteroatoms. The van der Waals surface area contributed by atoms with Crippen molar-refractivity contribution in [2.24, 2.45) is 0 Å². The number of aldehydes is 1. The minimum Gasteiger partial charge on any atom is -0.394 e. The molecule has 9 atom stereocenters. The normalized spacial score (nSPS) is 37.0. The van der Waals surface area contributed by atoms with E-state index in [-0.39, 0.29) is 6.29 Å². The highest BCUT2D eigenvalue weighted by molar-refractivity contribution is 5.56. The van der Waals surface area contributed by atoms with Gasteiger partial charge in [-0.3, -0.25) is 0 Å². The molecule has 1 aliphatic heterocycles. The van der Waals surface area contributed by atoms with Gasteiger partial charge in [0.15, 0.2) is 12.6 Å². The Balaban J connectivity index is 2.91. The lowest BCUT2D eigenvalue weighted by atomic mass is 9.98. The summed E-state index contributed by atoms with van der Waals surface area (Å²) >= 11 is 0. The van der Waals surface area contributed by atoms with Crippen molar-refractivity contribution in [1.82, 2.24) is 0 Å². The molecule has 136 valence electrons. The maximum atomic E-state index is 10.7. The van der Waals surface area contributed by atoms with Crippen LogP contribution in [0, 0.1) is 0 Å². The first kappa shape index (κ1) is 20.3. The third kappa shape index (κ3) is 4.64. The topological polar surface area (TPSA) is 197 Å². The van der Waals surface area contributed by atoms with E-state index >= 15 is 0 Å². The fourth-order valence-corrected chi connectivity index (χ4v) is 2.10. The van der Waals surface area contributed by atoms with Crippen molar-refractivity contribution < 1.29 is 55.1 Å². The monoisotopic (exact) mass is 342 g/mol. The van der Waals surface area contributed by atoms with E-state index in [1.54, 1.807) is 0 Å². The Morgan fingerprint density at radius 1 is 1.04 bits per heavy atom. The van der Waals surface area contributed by atoms with Crippen LogP contribution in [-0.2, 0) is 14.3 Å². The Kier molecular flexibility index (Phi) is 7.89. The molecule has 0 aromatic heterocycles. The smallest absolute Gasteiger partial charge is 0.187 e. The van der Waals surface area contributed by atoms with E-state index in [1.165, 1.54) is 0 Å². The Hall–Kier alpha value is -0.730. The number of aliphatic hydroxyl groups excluding tert-OH is 8. The predicted octanol–water partition coefficient (Wildman–Crippen LogP) is -5.55. The fraction of sp³-hybridized carbons (Fsp3) is 0.917. The number of hydrogen-bond acceptors (Lipinski definition) is 11. The Morgan fingerprint density at radius 2 is 1.65 bits per heavy atom. The molecule has 0 aliphatic carbocycles. The standard InChI is InChI=1S/C12H22O11/c13-1-4(16)7(18)11(5(17)2-14)23-12-10(21)9(20)8(19)6(3-15)22-12/h2,4-13,15-21H,1,3H2/t4-,5+,6-,7+,8+,9+,10-,11-,12+/m1/s1. The molecule has 1 fully saturated rings. The molecule has 0 amide bonds. The lowest BCUT2D eigenvalue weighted by Crippen LogP contribution is -2.61. The summed E-state index contributed by atoms with van der Waals surface area (Å²) in [5.41, 5.74) is 0. The van der Waals surface area contributed by atoms with Crippen LogP contribution < -0.4 is 0 Å². The van der Waals surface area contributed by atoms with E-state index in [0.29, 0.717) is 0 Å². The van der Waals surface area contributed by atoms with Crippen LogP contribution in [0.1, 0.15) is 0 Å². The van der Waals surface area contributed by atoms with Gasteiger partial charge in [-0.25, -0.2) is 0 Å². The SMILES string of the molecule is O=C[C@H](O)[C@@H](O[C@@H]1O[C@H](CO)[C@H](O)[C@H](O)[C@H]1O)[C@@H](O)[C@H](O)CO. The molecule has 1 heterocycles. The van der Waals surface area contributed by atoms with Crippen LogP contribution in [0.4, 0.5) is 0 Å². The largest absolute Gasteiger partial charge is 0.394 e. The van der Waals surface area contributed by atoms with Crippen molar-refractivity contribution in [3.05, 3.63) is 0 Å². The van der Waals surface area contributed by atoms with Crippen molar-refractivity contribution >= 4 is 6.29 Å². The number of ether oxygens (including phenoxy) is 2. The predicted molar refractivity (Wildman–Crippen MR) is 69.8 cm³/mol. The van der Waals surface area contributed by atoms with E-state index in [0.717, 1.165) is 0 Å². The third-order valence-corrected chi connectivity index (χ3v) is 3.53. The molecule has 0 radical (unpaired) electrons.